The summed E-state index contributed by atoms with van der Waals surface area (Å²) in [4.78, 5) is 16.2. The van der Waals surface area contributed by atoms with E-state index in [2.05, 4.69) is 4.98 Å². The van der Waals surface area contributed by atoms with Gasteiger partial charge in [0, 0.05) is 25.6 Å². The van der Waals surface area contributed by atoms with Crippen molar-refractivity contribution in [1.82, 2.24) is 9.55 Å². The van der Waals surface area contributed by atoms with Gasteiger partial charge in [0.2, 0.25) is 5.71 Å². The average Bonchev–Trinajstić information content (AvgIpc) is 3.24. The maximum absolute atomic E-state index is 12.3. The molecule has 148 valence electrons. The molecule has 2 aromatic rings. The van der Waals surface area contributed by atoms with Gasteiger partial charge in [0.25, 0.3) is 0 Å². The number of nitrogens with zero attached hydrogens (tertiary/aromatic N) is 2. The molecule has 0 aromatic carbocycles. The highest BCUT2D eigenvalue weighted by molar-refractivity contribution is 5.72. The number of furan rings is 1. The summed E-state index contributed by atoms with van der Waals surface area (Å²) in [5.74, 6) is 0.672. The molecule has 0 radical (unpaired) electrons. The summed E-state index contributed by atoms with van der Waals surface area (Å²) in [6.07, 6.45) is 3.15. The summed E-state index contributed by atoms with van der Waals surface area (Å²) in [5, 5.41) is 19.7. The maximum Gasteiger partial charge on any atom is 0.353 e. The molecule has 0 bridgehead atoms. The average molecular weight is 380 g/mol. The van der Waals surface area contributed by atoms with Crippen molar-refractivity contribution in [2.45, 2.75) is 56.8 Å². The molecule has 4 atom stereocenters. The van der Waals surface area contributed by atoms with Gasteiger partial charge in [-0.3, -0.25) is 4.57 Å². The van der Waals surface area contributed by atoms with Crippen molar-refractivity contribution in [1.29, 1.82) is 0 Å². The lowest BCUT2D eigenvalue weighted by atomic mass is 10.2. The highest BCUT2D eigenvalue weighted by Crippen LogP contribution is 2.28. The molecule has 2 saturated heterocycles. The second kappa shape index (κ2) is 8.07. The van der Waals surface area contributed by atoms with Gasteiger partial charge >= 0.3 is 5.69 Å². The quantitative estimate of drug-likeness (QED) is 0.753. The van der Waals surface area contributed by atoms with Crippen LogP contribution in [0.5, 0.6) is 0 Å². The lowest BCUT2D eigenvalue weighted by Gasteiger charge is -2.22. The van der Waals surface area contributed by atoms with Crippen LogP contribution in [-0.2, 0) is 20.6 Å². The lowest BCUT2D eigenvalue weighted by molar-refractivity contribution is -0.162. The Kier molecular flexibility index (Phi) is 5.55. The third-order valence-corrected chi connectivity index (χ3v) is 4.97. The molecule has 2 fully saturated rings. The molecule has 9 nitrogen and oxygen atoms in total. The maximum atomic E-state index is 12.3. The number of ether oxygens (including phenoxy) is 3. The van der Waals surface area contributed by atoms with E-state index in [1.807, 2.05) is 6.07 Å². The molecule has 0 aliphatic carbocycles. The van der Waals surface area contributed by atoms with Crippen LogP contribution in [0.1, 0.15) is 37.7 Å². The zero-order chi connectivity index (χ0) is 18.8. The van der Waals surface area contributed by atoms with Crippen LogP contribution in [0.3, 0.4) is 0 Å². The number of fused-ring (bicyclic) bond motifs is 1. The Hall–Kier alpha value is -1.78. The van der Waals surface area contributed by atoms with Crippen molar-refractivity contribution < 1.29 is 28.8 Å². The highest BCUT2D eigenvalue weighted by Gasteiger charge is 2.35. The van der Waals surface area contributed by atoms with Gasteiger partial charge in [0.05, 0.1) is 24.7 Å². The van der Waals surface area contributed by atoms with Gasteiger partial charge in [0.1, 0.15) is 18.1 Å². The topological polar surface area (TPSA) is 116 Å². The Morgan fingerprint density at radius 2 is 2.26 bits per heavy atom. The number of aliphatic hydroxyl groups excluding tert-OH is 2. The summed E-state index contributed by atoms with van der Waals surface area (Å²) >= 11 is 0. The van der Waals surface area contributed by atoms with E-state index in [9.17, 15) is 15.0 Å². The summed E-state index contributed by atoms with van der Waals surface area (Å²) in [6, 6.07) is 1.82. The van der Waals surface area contributed by atoms with Crippen LogP contribution in [0.2, 0.25) is 0 Å². The standard InChI is InChI=1S/C18H24N2O7/c21-10-14-13(22)8-15(27-14)20-9-11-7-12(26-17(11)19-18(20)23)4-6-25-16-3-1-2-5-24-16/h7,9,13-16,21-22H,1-6,8,10H2/t13-,14+,15+,16?/m0/s1. The Morgan fingerprint density at radius 1 is 1.37 bits per heavy atom. The monoisotopic (exact) mass is 380 g/mol. The number of hydrogen-bond acceptors (Lipinski definition) is 8. The molecule has 4 rings (SSSR count). The predicted octanol–water partition coefficient (Wildman–Crippen LogP) is 0.716. The van der Waals surface area contributed by atoms with Crippen LogP contribution in [-0.4, -0.2) is 58.1 Å². The van der Waals surface area contributed by atoms with Crippen LogP contribution in [0.25, 0.3) is 11.1 Å². The summed E-state index contributed by atoms with van der Waals surface area (Å²) in [6.45, 7) is 0.897. The molecule has 27 heavy (non-hydrogen) atoms. The van der Waals surface area contributed by atoms with Gasteiger partial charge in [-0.05, 0) is 25.3 Å². The van der Waals surface area contributed by atoms with Crippen molar-refractivity contribution in [3.8, 4) is 0 Å². The van der Waals surface area contributed by atoms with E-state index in [1.165, 1.54) is 4.57 Å². The van der Waals surface area contributed by atoms with E-state index >= 15 is 0 Å². The normalized spacial score (nSPS) is 28.8. The zero-order valence-electron chi connectivity index (χ0n) is 15.0. The van der Waals surface area contributed by atoms with Crippen molar-refractivity contribution in [2.75, 3.05) is 19.8 Å². The molecule has 0 spiro atoms. The first-order chi connectivity index (χ1) is 13.1. The first-order valence-corrected chi connectivity index (χ1v) is 9.33. The van der Waals surface area contributed by atoms with Crippen LogP contribution in [0, 0.1) is 0 Å². The van der Waals surface area contributed by atoms with Crippen LogP contribution in [0.15, 0.2) is 21.5 Å². The molecule has 0 amide bonds. The Balaban J connectivity index is 1.44. The molecule has 1 unspecified atom stereocenters. The summed E-state index contributed by atoms with van der Waals surface area (Å²) < 4.78 is 23.7. The van der Waals surface area contributed by atoms with Gasteiger partial charge in [-0.2, -0.15) is 4.98 Å². The Labute approximate surface area is 155 Å². The minimum Gasteiger partial charge on any atom is -0.442 e. The number of rotatable bonds is 6. The number of hydrogen-bond donors (Lipinski definition) is 2. The second-order valence-corrected chi connectivity index (χ2v) is 6.94. The van der Waals surface area contributed by atoms with E-state index < -0.39 is 24.1 Å². The number of aliphatic hydroxyl groups is 2. The van der Waals surface area contributed by atoms with Crippen molar-refractivity contribution in [2.24, 2.45) is 0 Å². The van der Waals surface area contributed by atoms with E-state index in [0.29, 0.717) is 24.2 Å². The molecule has 2 aliphatic rings. The molecule has 2 aromatic heterocycles. The molecule has 4 heterocycles. The third-order valence-electron chi connectivity index (χ3n) is 4.97. The minimum absolute atomic E-state index is 0.151. The SMILES string of the molecule is O=c1nc2oc(CCOC3CCCCO3)cc2cn1[C@H]1C[C@H](O)[C@@H](CO)O1. The van der Waals surface area contributed by atoms with E-state index in [-0.39, 0.29) is 25.0 Å². The smallest absolute Gasteiger partial charge is 0.353 e. The van der Waals surface area contributed by atoms with Crippen LogP contribution in [0.4, 0.5) is 0 Å². The van der Waals surface area contributed by atoms with Crippen molar-refractivity contribution in [3.63, 3.8) is 0 Å². The van der Waals surface area contributed by atoms with Gasteiger partial charge in [-0.25, -0.2) is 4.79 Å². The largest absolute Gasteiger partial charge is 0.442 e. The molecule has 2 aliphatic heterocycles. The zero-order valence-corrected chi connectivity index (χ0v) is 15.0. The first kappa shape index (κ1) is 18.6. The summed E-state index contributed by atoms with van der Waals surface area (Å²) in [7, 11) is 0. The second-order valence-electron chi connectivity index (χ2n) is 6.94. The Bertz CT molecular complexity index is 827. The van der Waals surface area contributed by atoms with E-state index in [1.54, 1.807) is 6.20 Å². The van der Waals surface area contributed by atoms with Crippen molar-refractivity contribution >= 4 is 11.1 Å². The number of aromatic nitrogens is 2. The van der Waals surface area contributed by atoms with Gasteiger partial charge < -0.3 is 28.8 Å². The van der Waals surface area contributed by atoms with E-state index in [0.717, 1.165) is 25.9 Å². The van der Waals surface area contributed by atoms with Crippen LogP contribution < -0.4 is 5.69 Å². The summed E-state index contributed by atoms with van der Waals surface area (Å²) in [5.41, 5.74) is -0.261. The van der Waals surface area contributed by atoms with Gasteiger partial charge in [-0.15, -0.1) is 0 Å². The predicted molar refractivity (Wildman–Crippen MR) is 93.1 cm³/mol. The molecular formula is C18H24N2O7. The Morgan fingerprint density at radius 3 is 3.00 bits per heavy atom. The molecule has 2 N–H and O–H groups in total. The fourth-order valence-corrected chi connectivity index (χ4v) is 3.49. The van der Waals surface area contributed by atoms with Gasteiger partial charge in [-0.1, -0.05) is 0 Å². The lowest BCUT2D eigenvalue weighted by Crippen LogP contribution is -2.27. The fourth-order valence-electron chi connectivity index (χ4n) is 3.49. The highest BCUT2D eigenvalue weighted by atomic mass is 16.7. The molecular weight excluding hydrogens is 356 g/mol. The third kappa shape index (κ3) is 4.07. The van der Waals surface area contributed by atoms with Crippen molar-refractivity contribution in [3.05, 3.63) is 28.5 Å². The molecule has 9 heteroatoms. The fraction of sp³-hybridized carbons (Fsp3) is 0.667. The molecule has 0 saturated carbocycles. The van der Waals surface area contributed by atoms with E-state index in [4.69, 9.17) is 18.6 Å². The first-order valence-electron chi connectivity index (χ1n) is 9.33. The van der Waals surface area contributed by atoms with Crippen LogP contribution >= 0.6 is 0 Å². The van der Waals surface area contributed by atoms with Gasteiger partial charge in [0.15, 0.2) is 6.29 Å². The minimum atomic E-state index is -0.818.